The van der Waals surface area contributed by atoms with Crippen molar-refractivity contribution in [2.75, 3.05) is 20.1 Å². The van der Waals surface area contributed by atoms with Crippen molar-refractivity contribution in [1.29, 1.82) is 0 Å². The van der Waals surface area contributed by atoms with Crippen LogP contribution in [0.5, 0.6) is 0 Å². The quantitative estimate of drug-likeness (QED) is 0.732. The fraction of sp³-hybridized carbons (Fsp3) is 0.500. The Morgan fingerprint density at radius 3 is 2.44 bits per heavy atom. The second-order valence-electron chi connectivity index (χ2n) is 4.79. The number of nitrogens with zero attached hydrogens (tertiary/aromatic N) is 1. The van der Waals surface area contributed by atoms with Gasteiger partial charge in [0.15, 0.2) is 5.78 Å². The molecule has 0 unspecified atom stereocenters. The number of ketones is 1. The SMILES string of the molecule is CC(C)CN(C)CC(=O)Cc1ccccc1. The number of benzene rings is 1. The molecule has 0 saturated heterocycles. The number of likely N-dealkylation sites (N-methyl/N-ethyl adjacent to an activating group) is 1. The average molecular weight is 219 g/mol. The highest BCUT2D eigenvalue weighted by Gasteiger charge is 2.08. The molecule has 0 saturated carbocycles. The van der Waals surface area contributed by atoms with E-state index in [1.807, 2.05) is 37.4 Å². The maximum absolute atomic E-state index is 11.8. The summed E-state index contributed by atoms with van der Waals surface area (Å²) >= 11 is 0. The van der Waals surface area contributed by atoms with Gasteiger partial charge < -0.3 is 0 Å². The molecule has 2 nitrogen and oxygen atoms in total. The van der Waals surface area contributed by atoms with Gasteiger partial charge in [0.25, 0.3) is 0 Å². The highest BCUT2D eigenvalue weighted by Crippen LogP contribution is 2.02. The fourth-order valence-corrected chi connectivity index (χ4v) is 1.87. The highest BCUT2D eigenvalue weighted by molar-refractivity contribution is 5.82. The summed E-state index contributed by atoms with van der Waals surface area (Å²) in [6.45, 7) is 5.85. The Balaban J connectivity index is 2.36. The van der Waals surface area contributed by atoms with Crippen molar-refractivity contribution in [3.05, 3.63) is 35.9 Å². The lowest BCUT2D eigenvalue weighted by Gasteiger charge is -2.17. The summed E-state index contributed by atoms with van der Waals surface area (Å²) in [4.78, 5) is 13.9. The van der Waals surface area contributed by atoms with E-state index in [0.717, 1.165) is 12.1 Å². The van der Waals surface area contributed by atoms with E-state index in [2.05, 4.69) is 18.7 Å². The van der Waals surface area contributed by atoms with Gasteiger partial charge in [-0.2, -0.15) is 0 Å². The van der Waals surface area contributed by atoms with Gasteiger partial charge in [-0.3, -0.25) is 9.69 Å². The molecule has 0 aliphatic heterocycles. The molecular weight excluding hydrogens is 198 g/mol. The molecule has 0 spiro atoms. The van der Waals surface area contributed by atoms with Gasteiger partial charge in [0, 0.05) is 13.0 Å². The topological polar surface area (TPSA) is 20.3 Å². The van der Waals surface area contributed by atoms with Gasteiger partial charge in [0.05, 0.1) is 6.54 Å². The zero-order valence-corrected chi connectivity index (χ0v) is 10.4. The molecule has 0 heterocycles. The first-order chi connectivity index (χ1) is 7.58. The van der Waals surface area contributed by atoms with Crippen LogP contribution in [0.25, 0.3) is 0 Å². The molecular formula is C14H21NO. The maximum atomic E-state index is 11.8. The van der Waals surface area contributed by atoms with Gasteiger partial charge in [0.1, 0.15) is 0 Å². The van der Waals surface area contributed by atoms with Gasteiger partial charge in [-0.15, -0.1) is 0 Å². The minimum atomic E-state index is 0.286. The Hall–Kier alpha value is -1.15. The number of carbonyl (C=O) groups is 1. The molecule has 1 aromatic rings. The highest BCUT2D eigenvalue weighted by atomic mass is 16.1. The van der Waals surface area contributed by atoms with Crippen molar-refractivity contribution in [2.24, 2.45) is 5.92 Å². The molecule has 88 valence electrons. The maximum Gasteiger partial charge on any atom is 0.151 e. The van der Waals surface area contributed by atoms with E-state index >= 15 is 0 Å². The van der Waals surface area contributed by atoms with Gasteiger partial charge in [-0.1, -0.05) is 44.2 Å². The van der Waals surface area contributed by atoms with Gasteiger partial charge >= 0.3 is 0 Å². The Morgan fingerprint density at radius 1 is 1.25 bits per heavy atom. The molecule has 2 heteroatoms. The zero-order valence-electron chi connectivity index (χ0n) is 10.4. The van der Waals surface area contributed by atoms with Gasteiger partial charge in [-0.25, -0.2) is 0 Å². The van der Waals surface area contributed by atoms with Gasteiger partial charge in [-0.05, 0) is 18.5 Å². The van der Waals surface area contributed by atoms with Crippen molar-refractivity contribution in [3.8, 4) is 0 Å². The van der Waals surface area contributed by atoms with E-state index in [-0.39, 0.29) is 5.78 Å². The number of Topliss-reactive ketones (excluding diaryl/α,β-unsaturated/α-hetero) is 1. The summed E-state index contributed by atoms with van der Waals surface area (Å²) < 4.78 is 0. The van der Waals surface area contributed by atoms with E-state index in [4.69, 9.17) is 0 Å². The third-order valence-corrected chi connectivity index (χ3v) is 2.37. The molecule has 0 atom stereocenters. The van der Waals surface area contributed by atoms with Crippen LogP contribution in [0.1, 0.15) is 19.4 Å². The van der Waals surface area contributed by atoms with Crippen molar-refractivity contribution in [1.82, 2.24) is 4.90 Å². The van der Waals surface area contributed by atoms with E-state index in [9.17, 15) is 4.79 Å². The van der Waals surface area contributed by atoms with E-state index in [0.29, 0.717) is 18.9 Å². The van der Waals surface area contributed by atoms with Crippen LogP contribution >= 0.6 is 0 Å². The molecule has 0 aliphatic carbocycles. The number of rotatable bonds is 6. The molecule has 0 fully saturated rings. The first-order valence-corrected chi connectivity index (χ1v) is 5.82. The zero-order chi connectivity index (χ0) is 12.0. The average Bonchev–Trinajstić information content (AvgIpc) is 2.17. The molecule has 0 amide bonds. The summed E-state index contributed by atoms with van der Waals surface area (Å²) in [6, 6.07) is 9.92. The van der Waals surface area contributed by atoms with E-state index < -0.39 is 0 Å². The summed E-state index contributed by atoms with van der Waals surface area (Å²) in [5.74, 6) is 0.892. The first kappa shape index (κ1) is 12.9. The Kier molecular flexibility index (Phi) is 5.20. The van der Waals surface area contributed by atoms with Crippen LogP contribution in [0.4, 0.5) is 0 Å². The van der Waals surface area contributed by atoms with Crippen molar-refractivity contribution in [2.45, 2.75) is 20.3 Å². The lowest BCUT2D eigenvalue weighted by Crippen LogP contribution is -2.30. The second-order valence-corrected chi connectivity index (χ2v) is 4.79. The lowest BCUT2D eigenvalue weighted by molar-refractivity contribution is -0.119. The predicted molar refractivity (Wildman–Crippen MR) is 67.5 cm³/mol. The van der Waals surface area contributed by atoms with E-state index in [1.54, 1.807) is 0 Å². The summed E-state index contributed by atoms with van der Waals surface area (Å²) in [5, 5.41) is 0. The van der Waals surface area contributed by atoms with Crippen molar-refractivity contribution in [3.63, 3.8) is 0 Å². The molecule has 1 rings (SSSR count). The van der Waals surface area contributed by atoms with Crippen LogP contribution in [0.3, 0.4) is 0 Å². The summed E-state index contributed by atoms with van der Waals surface area (Å²) in [5.41, 5.74) is 1.10. The molecule has 0 N–H and O–H groups in total. The van der Waals surface area contributed by atoms with Crippen LogP contribution in [0.15, 0.2) is 30.3 Å². The second kappa shape index (κ2) is 6.44. The number of hydrogen-bond donors (Lipinski definition) is 0. The Morgan fingerprint density at radius 2 is 1.88 bits per heavy atom. The molecule has 0 aromatic heterocycles. The van der Waals surface area contributed by atoms with Crippen LogP contribution in [0, 0.1) is 5.92 Å². The third-order valence-electron chi connectivity index (χ3n) is 2.37. The minimum absolute atomic E-state index is 0.286. The van der Waals surface area contributed by atoms with Gasteiger partial charge in [0.2, 0.25) is 0 Å². The van der Waals surface area contributed by atoms with Crippen LogP contribution in [0.2, 0.25) is 0 Å². The largest absolute Gasteiger partial charge is 0.299 e. The molecule has 0 aliphatic rings. The monoisotopic (exact) mass is 219 g/mol. The third kappa shape index (κ3) is 5.08. The predicted octanol–water partition coefficient (Wildman–Crippen LogP) is 2.39. The molecule has 16 heavy (non-hydrogen) atoms. The number of carbonyl (C=O) groups excluding carboxylic acids is 1. The minimum Gasteiger partial charge on any atom is -0.299 e. The normalized spacial score (nSPS) is 11.1. The summed E-state index contributed by atoms with van der Waals surface area (Å²) in [6.07, 6.45) is 0.545. The van der Waals surface area contributed by atoms with Crippen LogP contribution in [-0.2, 0) is 11.2 Å². The van der Waals surface area contributed by atoms with E-state index in [1.165, 1.54) is 0 Å². The molecule has 0 bridgehead atoms. The first-order valence-electron chi connectivity index (χ1n) is 5.82. The summed E-state index contributed by atoms with van der Waals surface area (Å²) in [7, 11) is 2.00. The van der Waals surface area contributed by atoms with Crippen LogP contribution < -0.4 is 0 Å². The Labute approximate surface area is 98.3 Å². The standard InChI is InChI=1S/C14H21NO/c1-12(2)10-15(3)11-14(16)9-13-7-5-4-6-8-13/h4-8,12H,9-11H2,1-3H3. The lowest BCUT2D eigenvalue weighted by atomic mass is 10.1. The van der Waals surface area contributed by atoms with Crippen molar-refractivity contribution >= 4 is 5.78 Å². The fourth-order valence-electron chi connectivity index (χ4n) is 1.87. The van der Waals surface area contributed by atoms with Crippen LogP contribution in [-0.4, -0.2) is 30.8 Å². The Bertz CT molecular complexity index is 319. The molecule has 1 aromatic carbocycles. The molecule has 0 radical (unpaired) electrons. The smallest absolute Gasteiger partial charge is 0.151 e. The number of hydrogen-bond acceptors (Lipinski definition) is 2. The van der Waals surface area contributed by atoms with Crippen molar-refractivity contribution < 1.29 is 4.79 Å².